The molecule has 9 nitrogen and oxygen atoms in total. The molecule has 45 heavy (non-hydrogen) atoms. The Morgan fingerprint density at radius 3 is 1.89 bits per heavy atom. The maximum Gasteiger partial charge on any atom is 0.199 e. The lowest BCUT2D eigenvalue weighted by atomic mass is 9.62. The summed E-state index contributed by atoms with van der Waals surface area (Å²) >= 11 is 0. The topological polar surface area (TPSA) is 153 Å². The number of rotatable bonds is 9. The largest absolute Gasteiger partial charge is 0.744 e. The normalized spacial score (nSPS) is 20.1. The van der Waals surface area contributed by atoms with E-state index in [1.54, 1.807) is 32.0 Å². The van der Waals surface area contributed by atoms with Gasteiger partial charge < -0.3 is 23.7 Å². The Bertz CT molecular complexity index is 1690. The van der Waals surface area contributed by atoms with Crippen LogP contribution in [0.3, 0.4) is 0 Å². The van der Waals surface area contributed by atoms with Crippen LogP contribution in [-0.2, 0) is 43.4 Å². The van der Waals surface area contributed by atoms with Crippen molar-refractivity contribution in [3.8, 4) is 5.75 Å². The highest BCUT2D eigenvalue weighted by molar-refractivity contribution is 7.86. The fourth-order valence-electron chi connectivity index (χ4n) is 6.74. The van der Waals surface area contributed by atoms with E-state index < -0.39 is 43.4 Å². The van der Waals surface area contributed by atoms with E-state index in [4.69, 9.17) is 9.47 Å². The van der Waals surface area contributed by atoms with E-state index >= 15 is 0 Å². The van der Waals surface area contributed by atoms with Crippen LogP contribution in [0.2, 0.25) is 0 Å². The molecular weight excluding hydrogens is 623 g/mol. The van der Waals surface area contributed by atoms with Gasteiger partial charge in [-0.2, -0.15) is 0 Å². The lowest BCUT2D eigenvalue weighted by molar-refractivity contribution is -0.106. The number of aryl methyl sites for hydroxylation is 2. The number of aliphatic hydroxyl groups is 1. The average molecular weight is 661 g/mol. The minimum atomic E-state index is -4.84. The molecule has 3 aromatic carbocycles. The summed E-state index contributed by atoms with van der Waals surface area (Å²) in [6.07, 6.45) is 2.88. The molecule has 5 rings (SSSR count). The smallest absolute Gasteiger partial charge is 0.199 e. The Hall–Kier alpha value is -2.87. The molecular formula is C33H37FO9S2-2. The van der Waals surface area contributed by atoms with Crippen molar-refractivity contribution in [3.63, 3.8) is 0 Å². The molecule has 1 aliphatic heterocycles. The quantitative estimate of drug-likeness (QED) is 0.298. The van der Waals surface area contributed by atoms with Crippen molar-refractivity contribution in [3.05, 3.63) is 88.2 Å². The van der Waals surface area contributed by atoms with E-state index in [9.17, 15) is 35.4 Å². The zero-order valence-corrected chi connectivity index (χ0v) is 26.9. The molecule has 1 saturated heterocycles. The Labute approximate surface area is 263 Å². The van der Waals surface area contributed by atoms with Crippen molar-refractivity contribution in [2.45, 2.75) is 93.3 Å². The van der Waals surface area contributed by atoms with E-state index in [1.165, 1.54) is 36.4 Å². The van der Waals surface area contributed by atoms with Gasteiger partial charge in [0.05, 0.1) is 22.0 Å². The van der Waals surface area contributed by atoms with Gasteiger partial charge >= 0.3 is 0 Å². The molecule has 1 saturated carbocycles. The Morgan fingerprint density at radius 2 is 1.40 bits per heavy atom. The van der Waals surface area contributed by atoms with Crippen LogP contribution in [-0.4, -0.2) is 43.9 Å². The van der Waals surface area contributed by atoms with Gasteiger partial charge in [0.1, 0.15) is 31.8 Å². The molecule has 0 spiro atoms. The highest BCUT2D eigenvalue weighted by Crippen LogP contribution is 2.50. The van der Waals surface area contributed by atoms with Crippen LogP contribution in [0.1, 0.15) is 72.8 Å². The lowest BCUT2D eigenvalue weighted by Gasteiger charge is -2.45. The molecule has 3 aromatic rings. The summed E-state index contributed by atoms with van der Waals surface area (Å²) < 4.78 is 99.6. The van der Waals surface area contributed by atoms with Gasteiger partial charge in [0.15, 0.2) is 6.29 Å². The fourth-order valence-corrected chi connectivity index (χ4v) is 8.12. The van der Waals surface area contributed by atoms with Crippen LogP contribution in [0.4, 0.5) is 4.39 Å². The van der Waals surface area contributed by atoms with Crippen LogP contribution in [0.25, 0.3) is 0 Å². The molecule has 1 unspecified atom stereocenters. The minimum absolute atomic E-state index is 0.0738. The molecule has 0 aromatic heterocycles. The highest BCUT2D eigenvalue weighted by Gasteiger charge is 2.44. The first kappa shape index (κ1) is 33.5. The lowest BCUT2D eigenvalue weighted by Crippen LogP contribution is -2.40. The van der Waals surface area contributed by atoms with Crippen molar-refractivity contribution in [2.24, 2.45) is 5.41 Å². The van der Waals surface area contributed by atoms with Gasteiger partial charge in [-0.25, -0.2) is 21.2 Å². The van der Waals surface area contributed by atoms with E-state index in [2.05, 4.69) is 0 Å². The van der Waals surface area contributed by atoms with Gasteiger partial charge in [0.2, 0.25) is 0 Å². The average Bonchev–Trinajstić information content (AvgIpc) is 2.94. The molecule has 1 N–H and O–H groups in total. The third-order valence-corrected chi connectivity index (χ3v) is 10.9. The van der Waals surface area contributed by atoms with Gasteiger partial charge in [0.25, 0.3) is 0 Å². The summed E-state index contributed by atoms with van der Waals surface area (Å²) in [5.41, 5.74) is 0.0118. The molecule has 0 radical (unpaired) electrons. The maximum atomic E-state index is 14.8. The Kier molecular flexibility index (Phi) is 9.48. The zero-order chi connectivity index (χ0) is 32.6. The van der Waals surface area contributed by atoms with Crippen molar-refractivity contribution >= 4 is 20.2 Å². The van der Waals surface area contributed by atoms with E-state index in [0.29, 0.717) is 18.6 Å². The van der Waals surface area contributed by atoms with Crippen molar-refractivity contribution in [1.82, 2.24) is 0 Å². The SMILES string of the molecule is Cc1ccc(S(=O)(=O)[O-])c(CC2(Cc3cc(C)ccc3S(=O)(=O)[O-])CCC(O)(c3cc(F)cc(OC4CCCCO4)c3)CC2)c1. The van der Waals surface area contributed by atoms with Crippen LogP contribution in [0, 0.1) is 25.1 Å². The molecule has 2 fully saturated rings. The molecule has 1 heterocycles. The molecule has 1 aliphatic carbocycles. The van der Waals surface area contributed by atoms with Crippen molar-refractivity contribution in [2.75, 3.05) is 6.61 Å². The molecule has 1 atom stereocenters. The van der Waals surface area contributed by atoms with Crippen molar-refractivity contribution in [1.29, 1.82) is 0 Å². The Morgan fingerprint density at radius 1 is 0.844 bits per heavy atom. The summed E-state index contributed by atoms with van der Waals surface area (Å²) in [6, 6.07) is 12.9. The minimum Gasteiger partial charge on any atom is -0.744 e. The summed E-state index contributed by atoms with van der Waals surface area (Å²) in [4.78, 5) is -0.739. The second-order valence-electron chi connectivity index (χ2n) is 12.6. The molecule has 12 heteroatoms. The van der Waals surface area contributed by atoms with E-state index in [-0.39, 0.29) is 65.2 Å². The predicted octanol–water partition coefficient (Wildman–Crippen LogP) is 5.39. The first-order valence-electron chi connectivity index (χ1n) is 15.0. The summed E-state index contributed by atoms with van der Waals surface area (Å²) in [5.74, 6) is -0.351. The summed E-state index contributed by atoms with van der Waals surface area (Å²) in [6.45, 7) is 4.08. The maximum absolute atomic E-state index is 14.8. The number of hydrogen-bond donors (Lipinski definition) is 1. The number of ether oxygens (including phenoxy) is 2. The monoisotopic (exact) mass is 660 g/mol. The summed E-state index contributed by atoms with van der Waals surface area (Å²) in [5, 5.41) is 11.9. The zero-order valence-electron chi connectivity index (χ0n) is 25.3. The molecule has 2 aliphatic rings. The Balaban J connectivity index is 1.51. The second kappa shape index (κ2) is 12.7. The van der Waals surface area contributed by atoms with Crippen molar-refractivity contribution < 1.29 is 44.9 Å². The molecule has 0 amide bonds. The number of hydrogen-bond acceptors (Lipinski definition) is 9. The standard InChI is InChI=1S/C33H39FO9S2/c1-22-6-8-29(44(36,37)38)24(15-22)20-32(21-25-16-23(2)7-9-30(25)45(39,40)41)10-12-33(35,13-11-32)26-17-27(34)19-28(18-26)43-31-5-3-4-14-42-31/h6-9,15-19,31,35H,3-5,10-14,20-21H2,1-2H3,(H,36,37,38)(H,39,40,41)/p-2. The van der Waals surface area contributed by atoms with Gasteiger partial charge in [0, 0.05) is 12.5 Å². The second-order valence-corrected chi connectivity index (χ2v) is 15.3. The van der Waals surface area contributed by atoms with Gasteiger partial charge in [-0.05, 0) is 112 Å². The van der Waals surface area contributed by atoms with Crippen LogP contribution >= 0.6 is 0 Å². The van der Waals surface area contributed by atoms with Gasteiger partial charge in [-0.3, -0.25) is 0 Å². The highest BCUT2D eigenvalue weighted by atomic mass is 32.2. The van der Waals surface area contributed by atoms with Gasteiger partial charge in [-0.15, -0.1) is 0 Å². The van der Waals surface area contributed by atoms with E-state index in [0.717, 1.165) is 24.0 Å². The summed E-state index contributed by atoms with van der Waals surface area (Å²) in [7, 11) is -9.68. The third-order valence-electron chi connectivity index (χ3n) is 9.05. The predicted molar refractivity (Wildman–Crippen MR) is 161 cm³/mol. The van der Waals surface area contributed by atoms with Crippen LogP contribution in [0.5, 0.6) is 5.75 Å². The van der Waals surface area contributed by atoms with Gasteiger partial charge in [-0.1, -0.05) is 35.4 Å². The van der Waals surface area contributed by atoms with E-state index in [1.807, 2.05) is 0 Å². The van der Waals surface area contributed by atoms with Crippen LogP contribution < -0.4 is 4.74 Å². The first-order valence-corrected chi connectivity index (χ1v) is 17.8. The molecule has 0 bridgehead atoms. The first-order chi connectivity index (χ1) is 21.1. The number of benzene rings is 3. The fraction of sp³-hybridized carbons (Fsp3) is 0.455. The molecule has 244 valence electrons. The number of halogens is 1. The van der Waals surface area contributed by atoms with Crippen LogP contribution in [0.15, 0.2) is 64.4 Å². The third kappa shape index (κ3) is 7.93.